The maximum absolute atomic E-state index is 11.3. The van der Waals surface area contributed by atoms with Gasteiger partial charge in [0, 0.05) is 24.3 Å². The Hall–Kier alpha value is -6.56. The second-order valence-corrected chi connectivity index (χ2v) is 7.45. The summed E-state index contributed by atoms with van der Waals surface area (Å²) in [5.41, 5.74) is 1.19. The molecule has 0 aliphatic heterocycles. The molecule has 0 aliphatic rings. The summed E-state index contributed by atoms with van der Waals surface area (Å²) < 4.78 is 41.2. The summed E-state index contributed by atoms with van der Waals surface area (Å²) in [6.07, 6.45) is 12.4. The third kappa shape index (κ3) is 11.9. The monoisotopic (exact) mass is 602 g/mol. The Morgan fingerprint density at radius 1 is 0.409 bits per heavy atom. The number of hydrogen-bond donors (Lipinski definition) is 0. The third-order valence-electron chi connectivity index (χ3n) is 4.63. The zero-order valence-electron chi connectivity index (χ0n) is 23.1. The van der Waals surface area contributed by atoms with Crippen LogP contribution in [0.3, 0.4) is 0 Å². The summed E-state index contributed by atoms with van der Waals surface area (Å²) in [7, 11) is 0. The van der Waals surface area contributed by atoms with Crippen molar-refractivity contribution < 1.29 is 57.1 Å². The highest BCUT2D eigenvalue weighted by Gasteiger charge is 2.12. The molecular weight excluding hydrogens is 576 g/mol. The van der Waals surface area contributed by atoms with E-state index in [0.29, 0.717) is 11.1 Å². The fourth-order valence-electron chi connectivity index (χ4n) is 2.73. The van der Waals surface area contributed by atoms with Gasteiger partial charge in [-0.3, -0.25) is 0 Å². The Morgan fingerprint density at radius 3 is 0.955 bits per heavy atom. The van der Waals surface area contributed by atoms with Crippen LogP contribution in [-0.4, -0.2) is 23.9 Å². The van der Waals surface area contributed by atoms with Crippen LogP contribution in [-0.2, 0) is 38.1 Å². The number of rotatable bonds is 17. The number of hydrogen-bond acceptors (Lipinski definition) is 12. The Balaban J connectivity index is 2.41. The van der Waals surface area contributed by atoms with E-state index in [-0.39, 0.29) is 23.0 Å². The molecule has 12 nitrogen and oxygen atoms in total. The lowest BCUT2D eigenvalue weighted by Crippen LogP contribution is -1.96. The van der Waals surface area contributed by atoms with Gasteiger partial charge < -0.3 is 37.9 Å². The standard InChI is InChI=1S/C32H26O12/c1-5-29(33)41-17-13-37-25-11-9-23(21-27(25)39-15-19-43-31(35)7-3)24-10-12-26(38-14-18-42-30(34)6-2)28(22-24)40-16-20-44-32(36)8-4/h5-22H,1-4H2/b17-13+,18-14+,19-15+,20-16+. The Morgan fingerprint density at radius 2 is 0.682 bits per heavy atom. The number of carbonyl (C=O) groups excluding carboxylic acids is 4. The van der Waals surface area contributed by atoms with Gasteiger partial charge in [-0.1, -0.05) is 38.4 Å². The highest BCUT2D eigenvalue weighted by molar-refractivity contribution is 5.82. The first-order valence-electron chi connectivity index (χ1n) is 12.2. The Bertz CT molecular complexity index is 1400. The minimum atomic E-state index is -0.695. The van der Waals surface area contributed by atoms with Gasteiger partial charge in [0.05, 0.1) is 0 Å². The summed E-state index contributed by atoms with van der Waals surface area (Å²) in [5.74, 6) is -2.04. The van der Waals surface area contributed by atoms with E-state index in [0.717, 1.165) is 74.4 Å². The summed E-state index contributed by atoms with van der Waals surface area (Å²) in [4.78, 5) is 45.1. The van der Waals surface area contributed by atoms with Crippen LogP contribution in [0.1, 0.15) is 0 Å². The van der Waals surface area contributed by atoms with Crippen LogP contribution in [0, 0.1) is 0 Å². The second-order valence-electron chi connectivity index (χ2n) is 7.45. The molecule has 12 heteroatoms. The molecular formula is C32H26O12. The molecule has 2 aromatic rings. The molecule has 0 spiro atoms. The average Bonchev–Trinajstić information content (AvgIpc) is 3.05. The first kappa shape index (κ1) is 33.6. The van der Waals surface area contributed by atoms with Crippen molar-refractivity contribution in [3.05, 3.63) is 137 Å². The first-order valence-corrected chi connectivity index (χ1v) is 12.2. The molecule has 0 N–H and O–H groups in total. The quantitative estimate of drug-likeness (QED) is 0.0953. The van der Waals surface area contributed by atoms with Crippen LogP contribution in [0.15, 0.2) is 137 Å². The van der Waals surface area contributed by atoms with Crippen molar-refractivity contribution in [2.24, 2.45) is 0 Å². The largest absolute Gasteiger partial charge is 0.458 e. The summed E-state index contributed by atoms with van der Waals surface area (Å²) >= 11 is 0. The smallest absolute Gasteiger partial charge is 0.335 e. The molecule has 2 aromatic carbocycles. The second kappa shape index (κ2) is 18.7. The van der Waals surface area contributed by atoms with Crippen LogP contribution in [0.4, 0.5) is 0 Å². The normalized spacial score (nSPS) is 10.6. The molecule has 0 heterocycles. The van der Waals surface area contributed by atoms with Crippen molar-refractivity contribution in [1.29, 1.82) is 0 Å². The van der Waals surface area contributed by atoms with Gasteiger partial charge in [-0.2, -0.15) is 0 Å². The lowest BCUT2D eigenvalue weighted by molar-refractivity contribution is -0.133. The molecule has 0 radical (unpaired) electrons. The maximum atomic E-state index is 11.3. The fourth-order valence-corrected chi connectivity index (χ4v) is 2.73. The molecule has 226 valence electrons. The molecule has 0 saturated heterocycles. The van der Waals surface area contributed by atoms with Crippen LogP contribution in [0.2, 0.25) is 0 Å². The van der Waals surface area contributed by atoms with Gasteiger partial charge >= 0.3 is 23.9 Å². The van der Waals surface area contributed by atoms with Crippen molar-refractivity contribution in [1.82, 2.24) is 0 Å². The van der Waals surface area contributed by atoms with Crippen LogP contribution < -0.4 is 18.9 Å². The van der Waals surface area contributed by atoms with E-state index in [1.54, 1.807) is 36.4 Å². The molecule has 0 aliphatic carbocycles. The molecule has 0 bridgehead atoms. The van der Waals surface area contributed by atoms with E-state index in [4.69, 9.17) is 37.9 Å². The van der Waals surface area contributed by atoms with Gasteiger partial charge in [0.1, 0.15) is 50.1 Å². The van der Waals surface area contributed by atoms with E-state index < -0.39 is 23.9 Å². The van der Waals surface area contributed by atoms with Crippen LogP contribution >= 0.6 is 0 Å². The fraction of sp³-hybridized carbons (Fsp3) is 0. The number of carbonyl (C=O) groups is 4. The predicted molar refractivity (Wildman–Crippen MR) is 156 cm³/mol. The van der Waals surface area contributed by atoms with E-state index in [2.05, 4.69) is 26.3 Å². The summed E-state index contributed by atoms with van der Waals surface area (Å²) in [6.45, 7) is 13.2. The topological polar surface area (TPSA) is 142 Å². The van der Waals surface area contributed by atoms with E-state index in [1.807, 2.05) is 0 Å². The Kier molecular flexibility index (Phi) is 14.3. The van der Waals surface area contributed by atoms with Crippen molar-refractivity contribution in [2.75, 3.05) is 0 Å². The van der Waals surface area contributed by atoms with Crippen molar-refractivity contribution in [3.63, 3.8) is 0 Å². The SMILES string of the molecule is C=CC(=O)O/C=C/Oc1ccc(-c2ccc(O/C=C/OC(=O)C=C)c(O/C=C/OC(=O)C=C)c2)cc1O/C=C/OC(=O)C=C. The van der Waals surface area contributed by atoms with Gasteiger partial charge in [-0.25, -0.2) is 19.2 Å². The molecule has 2 rings (SSSR count). The maximum Gasteiger partial charge on any atom is 0.335 e. The average molecular weight is 603 g/mol. The van der Waals surface area contributed by atoms with Gasteiger partial charge in [0.15, 0.2) is 23.0 Å². The highest BCUT2D eigenvalue weighted by Crippen LogP contribution is 2.37. The molecule has 0 unspecified atom stereocenters. The number of benzene rings is 2. The van der Waals surface area contributed by atoms with Gasteiger partial charge in [-0.15, -0.1) is 0 Å². The highest BCUT2D eigenvalue weighted by atomic mass is 16.6. The summed E-state index contributed by atoms with van der Waals surface area (Å²) in [5, 5.41) is 0. The van der Waals surface area contributed by atoms with Gasteiger partial charge in [0.25, 0.3) is 0 Å². The van der Waals surface area contributed by atoms with Crippen LogP contribution in [0.5, 0.6) is 23.0 Å². The molecule has 0 fully saturated rings. The third-order valence-corrected chi connectivity index (χ3v) is 4.63. The zero-order chi connectivity index (χ0) is 32.2. The summed E-state index contributed by atoms with van der Waals surface area (Å²) in [6, 6.07) is 9.67. The molecule has 0 aromatic heterocycles. The molecule has 0 amide bonds. The van der Waals surface area contributed by atoms with Crippen molar-refractivity contribution in [3.8, 4) is 34.1 Å². The van der Waals surface area contributed by atoms with E-state index in [9.17, 15) is 19.2 Å². The first-order chi connectivity index (χ1) is 21.3. The number of ether oxygens (including phenoxy) is 8. The van der Waals surface area contributed by atoms with Gasteiger partial charge in [-0.05, 0) is 35.4 Å². The molecule has 0 saturated carbocycles. The van der Waals surface area contributed by atoms with Crippen LogP contribution in [0.25, 0.3) is 11.1 Å². The van der Waals surface area contributed by atoms with E-state index >= 15 is 0 Å². The molecule has 0 atom stereocenters. The number of esters is 4. The predicted octanol–water partition coefficient (Wildman–Crippen LogP) is 5.67. The zero-order valence-corrected chi connectivity index (χ0v) is 23.1. The lowest BCUT2D eigenvalue weighted by atomic mass is 10.0. The lowest BCUT2D eigenvalue weighted by Gasteiger charge is -2.13. The van der Waals surface area contributed by atoms with Gasteiger partial charge in [0.2, 0.25) is 0 Å². The minimum Gasteiger partial charge on any atom is -0.458 e. The minimum absolute atomic E-state index is 0.166. The Labute approximate surface area is 252 Å². The molecule has 44 heavy (non-hydrogen) atoms. The van der Waals surface area contributed by atoms with Crippen molar-refractivity contribution in [2.45, 2.75) is 0 Å². The van der Waals surface area contributed by atoms with Crippen molar-refractivity contribution >= 4 is 23.9 Å². The van der Waals surface area contributed by atoms with E-state index in [1.165, 1.54) is 0 Å².